The Labute approximate surface area is 137 Å². The van der Waals surface area contributed by atoms with E-state index in [1.165, 1.54) is 6.07 Å². The van der Waals surface area contributed by atoms with Crippen molar-refractivity contribution in [3.63, 3.8) is 0 Å². The van der Waals surface area contributed by atoms with Gasteiger partial charge in [-0.2, -0.15) is 5.10 Å². The molecule has 0 atom stereocenters. The lowest BCUT2D eigenvalue weighted by atomic mass is 10.1. The number of hydrogen-bond donors (Lipinski definition) is 1. The second-order valence-electron chi connectivity index (χ2n) is 5.20. The Hall–Kier alpha value is -2.66. The molecule has 0 unspecified atom stereocenters. The van der Waals surface area contributed by atoms with Crippen molar-refractivity contribution in [3.8, 4) is 0 Å². The third-order valence-electron chi connectivity index (χ3n) is 3.64. The molecule has 23 heavy (non-hydrogen) atoms. The van der Waals surface area contributed by atoms with Crippen LogP contribution >= 0.6 is 11.6 Å². The number of aromatic nitrogens is 3. The number of hydrogen-bond acceptors (Lipinski definition) is 3. The fourth-order valence-electron chi connectivity index (χ4n) is 2.39. The van der Waals surface area contributed by atoms with E-state index < -0.39 is 0 Å². The maximum atomic E-state index is 12.6. The monoisotopic (exact) mass is 327 g/mol. The van der Waals surface area contributed by atoms with Crippen molar-refractivity contribution in [2.45, 2.75) is 6.42 Å². The molecule has 116 valence electrons. The van der Waals surface area contributed by atoms with E-state index in [0.717, 1.165) is 11.4 Å². The smallest absolute Gasteiger partial charge is 0.264 e. The first kappa shape index (κ1) is 15.2. The van der Waals surface area contributed by atoms with Gasteiger partial charge in [0.15, 0.2) is 0 Å². The lowest BCUT2D eigenvalue weighted by molar-refractivity contribution is 0.103. The number of halogens is 1. The molecule has 2 aromatic heterocycles. The molecule has 1 N–H and O–H groups in total. The van der Waals surface area contributed by atoms with Crippen molar-refractivity contribution in [1.29, 1.82) is 0 Å². The third-order valence-corrected chi connectivity index (χ3v) is 3.88. The minimum atomic E-state index is -0.238. The predicted molar refractivity (Wildman–Crippen MR) is 88.0 cm³/mol. The van der Waals surface area contributed by atoms with E-state index in [9.17, 15) is 9.59 Å². The second kappa shape index (κ2) is 6.22. The number of carbonyl (C=O) groups excluding carboxylic acids is 1. The van der Waals surface area contributed by atoms with Crippen LogP contribution in [0.5, 0.6) is 0 Å². The van der Waals surface area contributed by atoms with E-state index in [-0.39, 0.29) is 11.3 Å². The summed E-state index contributed by atoms with van der Waals surface area (Å²) in [6.45, 7) is 0. The molecule has 3 aromatic rings. The largest absolute Gasteiger partial charge is 0.345 e. The van der Waals surface area contributed by atoms with Crippen molar-refractivity contribution in [2.75, 3.05) is 0 Å². The summed E-state index contributed by atoms with van der Waals surface area (Å²) in [5.74, 6) is -0.0873. The van der Waals surface area contributed by atoms with Crippen LogP contribution in [0.25, 0.3) is 0 Å². The second-order valence-corrected chi connectivity index (χ2v) is 5.63. The van der Waals surface area contributed by atoms with E-state index >= 15 is 0 Å². The number of carbonyl (C=O) groups is 1. The summed E-state index contributed by atoms with van der Waals surface area (Å²) in [5.41, 5.74) is 2.54. The number of rotatable bonds is 4. The van der Waals surface area contributed by atoms with Crippen LogP contribution < -0.4 is 5.56 Å². The van der Waals surface area contributed by atoms with Gasteiger partial charge in [0.05, 0.1) is 11.4 Å². The van der Waals surface area contributed by atoms with Crippen LogP contribution in [0, 0.1) is 0 Å². The summed E-state index contributed by atoms with van der Waals surface area (Å²) in [6.07, 6.45) is 0.524. The fraction of sp³-hybridized carbons (Fsp3) is 0.118. The Morgan fingerprint density at radius 3 is 2.74 bits per heavy atom. The molecule has 0 aliphatic heterocycles. The number of nitrogens with zero attached hydrogens (tertiary/aromatic N) is 2. The van der Waals surface area contributed by atoms with E-state index in [1.807, 2.05) is 17.7 Å². The van der Waals surface area contributed by atoms with Crippen LogP contribution in [0.1, 0.15) is 27.4 Å². The number of aromatic amines is 1. The van der Waals surface area contributed by atoms with Crippen molar-refractivity contribution in [1.82, 2.24) is 14.8 Å². The highest BCUT2D eigenvalue weighted by molar-refractivity contribution is 6.31. The Morgan fingerprint density at radius 1 is 1.22 bits per heavy atom. The van der Waals surface area contributed by atoms with Crippen molar-refractivity contribution < 1.29 is 4.79 Å². The van der Waals surface area contributed by atoms with Crippen LogP contribution in [0.2, 0.25) is 5.02 Å². The first-order chi connectivity index (χ1) is 11.0. The van der Waals surface area contributed by atoms with Gasteiger partial charge >= 0.3 is 0 Å². The molecular weight excluding hydrogens is 314 g/mol. The highest BCUT2D eigenvalue weighted by Crippen LogP contribution is 2.17. The summed E-state index contributed by atoms with van der Waals surface area (Å²) in [4.78, 5) is 23.6. The SMILES string of the molecule is Cn1c(Cc2ccc(=O)[nH]n2)ccc1C(=O)c1cccc(Cl)c1. The zero-order valence-corrected chi connectivity index (χ0v) is 13.2. The van der Waals surface area contributed by atoms with Crippen LogP contribution in [0.15, 0.2) is 53.3 Å². The maximum absolute atomic E-state index is 12.6. The summed E-state index contributed by atoms with van der Waals surface area (Å²) in [6, 6.07) is 13.6. The maximum Gasteiger partial charge on any atom is 0.264 e. The highest BCUT2D eigenvalue weighted by atomic mass is 35.5. The standard InChI is InChI=1S/C17H14ClN3O2/c1-21-14(10-13-5-8-16(22)20-19-13)6-7-15(21)17(23)11-3-2-4-12(18)9-11/h2-9H,10H2,1H3,(H,20,22). The molecule has 0 aliphatic rings. The summed E-state index contributed by atoms with van der Waals surface area (Å²) in [5, 5.41) is 6.92. The van der Waals surface area contributed by atoms with Gasteiger partial charge in [-0.25, -0.2) is 5.10 Å². The number of ketones is 1. The topological polar surface area (TPSA) is 67.8 Å². The van der Waals surface area contributed by atoms with Gasteiger partial charge in [-0.15, -0.1) is 0 Å². The van der Waals surface area contributed by atoms with Gasteiger partial charge in [0, 0.05) is 35.8 Å². The lowest BCUT2D eigenvalue weighted by Gasteiger charge is -2.07. The molecule has 0 spiro atoms. The van der Waals surface area contributed by atoms with Crippen LogP contribution in [-0.2, 0) is 13.5 Å². The Balaban J connectivity index is 1.88. The molecule has 0 amide bonds. The van der Waals surface area contributed by atoms with Crippen LogP contribution in [-0.4, -0.2) is 20.5 Å². The van der Waals surface area contributed by atoms with Crippen molar-refractivity contribution in [2.24, 2.45) is 7.05 Å². The number of benzene rings is 1. The normalized spacial score (nSPS) is 10.7. The van der Waals surface area contributed by atoms with Gasteiger partial charge in [0.25, 0.3) is 5.56 Å². The summed E-state index contributed by atoms with van der Waals surface area (Å²) >= 11 is 5.95. The van der Waals surface area contributed by atoms with E-state index in [0.29, 0.717) is 22.7 Å². The average molecular weight is 328 g/mol. The Morgan fingerprint density at radius 2 is 2.04 bits per heavy atom. The molecule has 0 radical (unpaired) electrons. The molecular formula is C17H14ClN3O2. The molecule has 0 bridgehead atoms. The van der Waals surface area contributed by atoms with Crippen molar-refractivity contribution in [3.05, 3.63) is 86.6 Å². The van der Waals surface area contributed by atoms with Gasteiger partial charge in [-0.3, -0.25) is 9.59 Å². The number of nitrogens with one attached hydrogen (secondary N) is 1. The molecule has 0 saturated carbocycles. The van der Waals surface area contributed by atoms with Gasteiger partial charge in [-0.1, -0.05) is 23.7 Å². The fourth-order valence-corrected chi connectivity index (χ4v) is 2.58. The molecule has 2 heterocycles. The molecule has 0 aliphatic carbocycles. The van der Waals surface area contributed by atoms with Gasteiger partial charge in [0.2, 0.25) is 5.78 Å². The van der Waals surface area contributed by atoms with Gasteiger partial charge in [-0.05, 0) is 30.3 Å². The van der Waals surface area contributed by atoms with Crippen LogP contribution in [0.4, 0.5) is 0 Å². The minimum Gasteiger partial charge on any atom is -0.345 e. The van der Waals surface area contributed by atoms with Crippen molar-refractivity contribution >= 4 is 17.4 Å². The van der Waals surface area contributed by atoms with E-state index in [2.05, 4.69) is 10.2 Å². The van der Waals surface area contributed by atoms with Crippen LogP contribution in [0.3, 0.4) is 0 Å². The van der Waals surface area contributed by atoms with E-state index in [4.69, 9.17) is 11.6 Å². The summed E-state index contributed by atoms with van der Waals surface area (Å²) < 4.78 is 1.83. The first-order valence-electron chi connectivity index (χ1n) is 7.04. The Bertz CT molecular complexity index is 907. The molecule has 0 saturated heterocycles. The molecule has 3 rings (SSSR count). The minimum absolute atomic E-state index is 0.0873. The van der Waals surface area contributed by atoms with E-state index in [1.54, 1.807) is 36.4 Å². The molecule has 1 aromatic carbocycles. The third kappa shape index (κ3) is 3.24. The average Bonchev–Trinajstić information content (AvgIpc) is 2.90. The highest BCUT2D eigenvalue weighted by Gasteiger charge is 2.15. The zero-order valence-electron chi connectivity index (χ0n) is 12.4. The number of H-pyrrole nitrogens is 1. The molecule has 6 heteroatoms. The van der Waals surface area contributed by atoms with Gasteiger partial charge < -0.3 is 4.57 Å². The zero-order chi connectivity index (χ0) is 16.4. The van der Waals surface area contributed by atoms with Gasteiger partial charge in [0.1, 0.15) is 0 Å². The predicted octanol–water partition coefficient (Wildman–Crippen LogP) is 2.58. The summed E-state index contributed by atoms with van der Waals surface area (Å²) in [7, 11) is 1.83. The Kier molecular flexibility index (Phi) is 4.12. The first-order valence-corrected chi connectivity index (χ1v) is 7.42. The molecule has 0 fully saturated rings. The quantitative estimate of drug-likeness (QED) is 0.749. The lowest BCUT2D eigenvalue weighted by Crippen LogP contribution is -2.11. The molecule has 5 nitrogen and oxygen atoms in total.